The van der Waals surface area contributed by atoms with Crippen molar-refractivity contribution in [3.8, 4) is 0 Å². The minimum atomic E-state index is -0.702. The Morgan fingerprint density at radius 2 is 2.00 bits per heavy atom. The number of nitrogens with one attached hydrogen (secondary N) is 1. The topological polar surface area (TPSA) is 124 Å². The van der Waals surface area contributed by atoms with E-state index >= 15 is 0 Å². The Balaban J connectivity index is 1.08. The molecule has 1 saturated heterocycles. The van der Waals surface area contributed by atoms with Gasteiger partial charge in [0.05, 0.1) is 5.52 Å². The minimum absolute atomic E-state index is 0.00549. The summed E-state index contributed by atoms with van der Waals surface area (Å²) in [6.07, 6.45) is 4.46. The van der Waals surface area contributed by atoms with Gasteiger partial charge in [-0.3, -0.25) is 4.79 Å². The van der Waals surface area contributed by atoms with E-state index in [1.54, 1.807) is 6.07 Å². The zero-order valence-electron chi connectivity index (χ0n) is 17.9. The number of anilines is 1. The molecule has 10 heteroatoms. The molecule has 1 aliphatic carbocycles. The molecule has 3 aromatic rings. The van der Waals surface area contributed by atoms with Gasteiger partial charge in [0.15, 0.2) is 12.3 Å². The second kappa shape index (κ2) is 8.34. The summed E-state index contributed by atoms with van der Waals surface area (Å²) in [7, 11) is 0. The quantitative estimate of drug-likeness (QED) is 0.608. The molecule has 0 atom stereocenters. The lowest BCUT2D eigenvalue weighted by molar-refractivity contribution is 0.0458. The molecule has 2 aromatic heterocycles. The Morgan fingerprint density at radius 1 is 1.21 bits per heavy atom. The zero-order chi connectivity index (χ0) is 23.0. The van der Waals surface area contributed by atoms with Crippen LogP contribution in [-0.2, 0) is 11.3 Å². The third kappa shape index (κ3) is 4.46. The van der Waals surface area contributed by atoms with Crippen LogP contribution in [0.15, 0.2) is 41.0 Å². The molecule has 9 nitrogen and oxygen atoms in total. The number of alkyl carbamates (subject to hydrolysis) is 1. The van der Waals surface area contributed by atoms with Gasteiger partial charge in [-0.25, -0.2) is 19.2 Å². The minimum Gasteiger partial charge on any atom is -0.445 e. The number of amides is 2. The molecule has 0 unspecified atom stereocenters. The largest absolute Gasteiger partial charge is 0.445 e. The second-order valence-electron chi connectivity index (χ2n) is 8.81. The maximum Gasteiger partial charge on any atom is 0.407 e. The zero-order valence-corrected chi connectivity index (χ0v) is 17.9. The van der Waals surface area contributed by atoms with E-state index in [0.29, 0.717) is 0 Å². The Morgan fingerprint density at radius 3 is 2.73 bits per heavy atom. The Kier molecular flexibility index (Phi) is 5.35. The van der Waals surface area contributed by atoms with E-state index in [4.69, 9.17) is 14.9 Å². The lowest BCUT2D eigenvalue weighted by Gasteiger charge is -2.52. The van der Waals surface area contributed by atoms with Crippen molar-refractivity contribution in [1.82, 2.24) is 15.3 Å². The van der Waals surface area contributed by atoms with Crippen molar-refractivity contribution in [2.24, 2.45) is 11.1 Å². The lowest BCUT2D eigenvalue weighted by atomic mass is 9.60. The number of nitrogens with two attached hydrogens (primary N) is 1. The molecule has 33 heavy (non-hydrogen) atoms. The summed E-state index contributed by atoms with van der Waals surface area (Å²) < 4.78 is 23.6. The number of piperidine rings is 1. The molecule has 1 saturated carbocycles. The van der Waals surface area contributed by atoms with Gasteiger partial charge in [-0.2, -0.15) is 0 Å². The fourth-order valence-corrected chi connectivity index (χ4v) is 4.79. The number of oxazole rings is 1. The smallest absolute Gasteiger partial charge is 0.407 e. The molecule has 2 fully saturated rings. The first-order valence-electron chi connectivity index (χ1n) is 10.9. The van der Waals surface area contributed by atoms with E-state index in [1.165, 1.54) is 12.1 Å². The number of rotatable bonds is 5. The van der Waals surface area contributed by atoms with Crippen LogP contribution >= 0.6 is 0 Å². The van der Waals surface area contributed by atoms with Crippen LogP contribution in [0.5, 0.6) is 0 Å². The number of fused-ring (bicyclic) bond motifs is 1. The van der Waals surface area contributed by atoms with Crippen molar-refractivity contribution in [2.45, 2.75) is 38.3 Å². The van der Waals surface area contributed by atoms with E-state index in [9.17, 15) is 14.0 Å². The number of carbonyl (C=O) groups excluding carboxylic acids is 2. The predicted octanol–water partition coefficient (Wildman–Crippen LogP) is 3.14. The number of aromatic nitrogens is 2. The van der Waals surface area contributed by atoms with Gasteiger partial charge >= 0.3 is 6.09 Å². The van der Waals surface area contributed by atoms with Crippen LogP contribution in [0.4, 0.5) is 15.0 Å². The molecule has 3 N–H and O–H groups in total. The highest BCUT2D eigenvalue weighted by Gasteiger charge is 2.46. The molecule has 1 spiro atoms. The number of primary amides is 1. The summed E-state index contributed by atoms with van der Waals surface area (Å²) in [4.78, 5) is 33.9. The van der Waals surface area contributed by atoms with Crippen molar-refractivity contribution < 1.29 is 23.1 Å². The van der Waals surface area contributed by atoms with Gasteiger partial charge < -0.3 is 25.1 Å². The molecule has 5 rings (SSSR count). The fourth-order valence-electron chi connectivity index (χ4n) is 4.79. The van der Waals surface area contributed by atoms with Crippen molar-refractivity contribution in [2.75, 3.05) is 18.0 Å². The third-order valence-corrected chi connectivity index (χ3v) is 6.60. The van der Waals surface area contributed by atoms with Crippen LogP contribution in [0.3, 0.4) is 0 Å². The summed E-state index contributed by atoms with van der Waals surface area (Å²) in [5.74, 6) is 0.0623. The van der Waals surface area contributed by atoms with Gasteiger partial charge in [0.2, 0.25) is 5.89 Å². The van der Waals surface area contributed by atoms with Crippen molar-refractivity contribution in [1.29, 1.82) is 0 Å². The Hall–Kier alpha value is -3.69. The monoisotopic (exact) mass is 453 g/mol. The van der Waals surface area contributed by atoms with Crippen LogP contribution < -0.4 is 16.0 Å². The van der Waals surface area contributed by atoms with Crippen molar-refractivity contribution >= 4 is 28.7 Å². The average molecular weight is 453 g/mol. The first-order valence-corrected chi connectivity index (χ1v) is 10.9. The van der Waals surface area contributed by atoms with Gasteiger partial charge in [-0.05, 0) is 61.4 Å². The lowest BCUT2D eigenvalue weighted by Crippen LogP contribution is -2.55. The van der Waals surface area contributed by atoms with E-state index in [1.807, 2.05) is 12.1 Å². The van der Waals surface area contributed by atoms with Gasteiger partial charge in [0.25, 0.3) is 5.91 Å². The molecule has 172 valence electrons. The van der Waals surface area contributed by atoms with Crippen molar-refractivity contribution in [3.05, 3.63) is 54.0 Å². The number of ether oxygens (including phenoxy) is 1. The van der Waals surface area contributed by atoms with Gasteiger partial charge in [-0.15, -0.1) is 0 Å². The predicted molar refractivity (Wildman–Crippen MR) is 117 cm³/mol. The average Bonchev–Trinajstić information content (AvgIpc) is 3.26. The van der Waals surface area contributed by atoms with Crippen molar-refractivity contribution in [3.63, 3.8) is 0 Å². The van der Waals surface area contributed by atoms with Crippen LogP contribution in [0.2, 0.25) is 0 Å². The van der Waals surface area contributed by atoms with E-state index in [-0.39, 0.29) is 35.5 Å². The maximum absolute atomic E-state index is 13.4. The molecule has 3 heterocycles. The normalized spacial score (nSPS) is 17.7. The Labute approximate surface area is 189 Å². The standard InChI is InChI=1S/C23H24FN5O4/c24-15-2-3-17-14(9-15)1-4-19(27-17)29-7-5-23(6-8-29)10-16(11-23)26-22(31)33-13-20-28-18(12-32-20)21(25)30/h1-4,9,12,16H,5-8,10-11,13H2,(H2,25,30)(H,26,31). The molecule has 1 aromatic carbocycles. The fraction of sp³-hybridized carbons (Fsp3) is 0.391. The molecule has 0 bridgehead atoms. The number of nitrogens with zero attached hydrogens (tertiary/aromatic N) is 3. The number of hydrogen-bond donors (Lipinski definition) is 2. The van der Waals surface area contributed by atoms with Crippen LogP contribution in [-0.4, -0.2) is 41.1 Å². The van der Waals surface area contributed by atoms with Gasteiger partial charge in [0.1, 0.15) is 17.9 Å². The highest BCUT2D eigenvalue weighted by atomic mass is 19.1. The summed E-state index contributed by atoms with van der Waals surface area (Å²) in [6.45, 7) is 1.61. The number of hydrogen-bond acceptors (Lipinski definition) is 7. The van der Waals surface area contributed by atoms with Crippen LogP contribution in [0.25, 0.3) is 10.9 Å². The van der Waals surface area contributed by atoms with Gasteiger partial charge in [0, 0.05) is 24.5 Å². The molecule has 2 amide bonds. The summed E-state index contributed by atoms with van der Waals surface area (Å²) in [5.41, 5.74) is 6.12. The molecular formula is C23H24FN5O4. The van der Waals surface area contributed by atoms with Crippen LogP contribution in [0.1, 0.15) is 42.1 Å². The molecular weight excluding hydrogens is 429 g/mol. The second-order valence-corrected chi connectivity index (χ2v) is 8.81. The summed E-state index contributed by atoms with van der Waals surface area (Å²) in [5, 5.41) is 3.67. The number of halogens is 1. The highest BCUT2D eigenvalue weighted by molar-refractivity contribution is 5.90. The first-order chi connectivity index (χ1) is 15.9. The molecule has 0 radical (unpaired) electrons. The van der Waals surface area contributed by atoms with Gasteiger partial charge in [-0.1, -0.05) is 0 Å². The highest BCUT2D eigenvalue weighted by Crippen LogP contribution is 2.49. The molecule has 1 aliphatic heterocycles. The van der Waals surface area contributed by atoms with E-state index in [0.717, 1.165) is 61.8 Å². The maximum atomic E-state index is 13.4. The summed E-state index contributed by atoms with van der Waals surface area (Å²) in [6, 6.07) is 8.56. The SMILES string of the molecule is NC(=O)c1coc(COC(=O)NC2CC3(CCN(c4ccc5cc(F)ccc5n4)CC3)C2)n1. The molecule has 2 aliphatic rings. The van der Waals surface area contributed by atoms with Crippen LogP contribution in [0, 0.1) is 11.2 Å². The van der Waals surface area contributed by atoms with E-state index in [2.05, 4.69) is 20.2 Å². The number of carbonyl (C=O) groups is 2. The Bertz CT molecular complexity index is 1200. The first kappa shape index (κ1) is 21.2. The number of benzene rings is 1. The third-order valence-electron chi connectivity index (χ3n) is 6.60. The number of pyridine rings is 1. The van der Waals surface area contributed by atoms with E-state index < -0.39 is 12.0 Å². The summed E-state index contributed by atoms with van der Waals surface area (Å²) >= 11 is 0.